The van der Waals surface area contributed by atoms with Gasteiger partial charge in [-0.3, -0.25) is 9.59 Å². The number of carbonyl (C=O) groups excluding carboxylic acids is 1. The highest BCUT2D eigenvalue weighted by molar-refractivity contribution is 5.78. The highest BCUT2D eigenvalue weighted by Crippen LogP contribution is 2.14. The third-order valence-corrected chi connectivity index (χ3v) is 4.76. The Bertz CT molecular complexity index is 318. The van der Waals surface area contributed by atoms with Gasteiger partial charge in [-0.2, -0.15) is 0 Å². The van der Waals surface area contributed by atoms with Crippen LogP contribution in [-0.4, -0.2) is 23.4 Å². The number of ketones is 1. The van der Waals surface area contributed by atoms with Crippen molar-refractivity contribution in [2.24, 2.45) is 5.73 Å². The van der Waals surface area contributed by atoms with E-state index in [4.69, 9.17) is 10.8 Å². The molecule has 0 saturated heterocycles. The first-order chi connectivity index (χ1) is 12.2. The van der Waals surface area contributed by atoms with Gasteiger partial charge in [0.15, 0.2) is 0 Å². The quantitative estimate of drug-likeness (QED) is 0.278. The van der Waals surface area contributed by atoms with Gasteiger partial charge in [-0.05, 0) is 25.8 Å². The number of carbonyl (C=O) groups is 2. The zero-order chi connectivity index (χ0) is 18.6. The molecule has 0 aliphatic carbocycles. The normalized spacial score (nSPS) is 10.9. The van der Waals surface area contributed by atoms with Gasteiger partial charge < -0.3 is 10.8 Å². The van der Waals surface area contributed by atoms with E-state index in [-0.39, 0.29) is 0 Å². The molecule has 3 N–H and O–H groups in total. The number of aliphatic carboxylic acids is 1. The summed E-state index contributed by atoms with van der Waals surface area (Å²) in [6.07, 6.45) is 19.7. The maximum absolute atomic E-state index is 11.5. The summed E-state index contributed by atoms with van der Waals surface area (Å²) in [6.45, 7) is 0.624. The Balaban J connectivity index is 3.07. The Morgan fingerprint density at radius 1 is 0.520 bits per heavy atom. The molecule has 0 amide bonds. The van der Waals surface area contributed by atoms with Crippen LogP contribution < -0.4 is 5.73 Å². The van der Waals surface area contributed by atoms with Crippen LogP contribution in [0.3, 0.4) is 0 Å². The molecule has 4 heteroatoms. The second-order valence-corrected chi connectivity index (χ2v) is 7.27. The van der Waals surface area contributed by atoms with Crippen LogP contribution in [0.25, 0.3) is 0 Å². The molecule has 4 nitrogen and oxygen atoms in total. The summed E-state index contributed by atoms with van der Waals surface area (Å²) in [5, 5.41) is 8.55. The number of carboxylic acid groups (broad SMARTS) is 1. The third-order valence-electron chi connectivity index (χ3n) is 4.76. The second-order valence-electron chi connectivity index (χ2n) is 7.27. The highest BCUT2D eigenvalue weighted by atomic mass is 16.4. The van der Waals surface area contributed by atoms with Crippen molar-refractivity contribution in [2.45, 2.75) is 116 Å². The van der Waals surface area contributed by atoms with Gasteiger partial charge in [0.25, 0.3) is 0 Å². The lowest BCUT2D eigenvalue weighted by Crippen LogP contribution is -2.04. The molecule has 0 atom stereocenters. The fourth-order valence-electron chi connectivity index (χ4n) is 3.14. The zero-order valence-electron chi connectivity index (χ0n) is 16.3. The first kappa shape index (κ1) is 24.1. The molecule has 25 heavy (non-hydrogen) atoms. The van der Waals surface area contributed by atoms with Gasteiger partial charge >= 0.3 is 5.97 Å². The maximum atomic E-state index is 11.5. The molecule has 0 heterocycles. The molecule has 148 valence electrons. The number of Topliss-reactive ketones (excluding diaryl/α,β-unsaturated/α-hetero) is 1. The number of carboxylic acids is 1. The SMILES string of the molecule is NCCCC(=O)CCCCCCCCCCCCCCCCC(=O)O. The molecule has 0 aromatic heterocycles. The van der Waals surface area contributed by atoms with E-state index in [9.17, 15) is 9.59 Å². The Hall–Kier alpha value is -0.900. The van der Waals surface area contributed by atoms with Gasteiger partial charge in [0.05, 0.1) is 0 Å². The van der Waals surface area contributed by atoms with Crippen LogP contribution in [0.15, 0.2) is 0 Å². The molecule has 0 spiro atoms. The fraction of sp³-hybridized carbons (Fsp3) is 0.905. The van der Waals surface area contributed by atoms with Crippen molar-refractivity contribution in [1.29, 1.82) is 0 Å². The van der Waals surface area contributed by atoms with Gasteiger partial charge in [0.2, 0.25) is 0 Å². The minimum atomic E-state index is -0.670. The van der Waals surface area contributed by atoms with Gasteiger partial charge in [-0.25, -0.2) is 0 Å². The van der Waals surface area contributed by atoms with E-state index in [2.05, 4.69) is 0 Å². The largest absolute Gasteiger partial charge is 0.481 e. The van der Waals surface area contributed by atoms with Gasteiger partial charge in [0.1, 0.15) is 5.78 Å². The Morgan fingerprint density at radius 3 is 1.20 bits per heavy atom. The first-order valence-corrected chi connectivity index (χ1v) is 10.6. The molecule has 0 bridgehead atoms. The van der Waals surface area contributed by atoms with Crippen molar-refractivity contribution < 1.29 is 14.7 Å². The van der Waals surface area contributed by atoms with Crippen molar-refractivity contribution >= 4 is 11.8 Å². The van der Waals surface area contributed by atoms with Crippen LogP contribution in [0.2, 0.25) is 0 Å². The summed E-state index contributed by atoms with van der Waals surface area (Å²) in [5.74, 6) is -0.289. The number of hydrogen-bond acceptors (Lipinski definition) is 3. The van der Waals surface area contributed by atoms with Crippen LogP contribution in [0.5, 0.6) is 0 Å². The highest BCUT2D eigenvalue weighted by Gasteiger charge is 2.01. The molecular weight excluding hydrogens is 314 g/mol. The molecule has 0 fully saturated rings. The predicted molar refractivity (Wildman–Crippen MR) is 105 cm³/mol. The van der Waals surface area contributed by atoms with Crippen LogP contribution in [-0.2, 0) is 9.59 Å². The van der Waals surface area contributed by atoms with E-state index in [1.807, 2.05) is 0 Å². The first-order valence-electron chi connectivity index (χ1n) is 10.6. The lowest BCUT2D eigenvalue weighted by atomic mass is 10.0. The molecule has 0 aromatic rings. The van der Waals surface area contributed by atoms with E-state index in [1.54, 1.807) is 0 Å². The second kappa shape index (κ2) is 19.4. The smallest absolute Gasteiger partial charge is 0.303 e. The Morgan fingerprint density at radius 2 is 0.840 bits per heavy atom. The predicted octanol–water partition coefficient (Wildman–Crippen LogP) is 5.62. The minimum Gasteiger partial charge on any atom is -0.481 e. The topological polar surface area (TPSA) is 80.4 Å². The summed E-state index contributed by atoms with van der Waals surface area (Å²) in [6, 6.07) is 0. The van der Waals surface area contributed by atoms with Crippen molar-refractivity contribution in [3.8, 4) is 0 Å². The van der Waals surface area contributed by atoms with Crippen molar-refractivity contribution in [2.75, 3.05) is 6.54 Å². The number of hydrogen-bond donors (Lipinski definition) is 2. The van der Waals surface area contributed by atoms with Crippen molar-refractivity contribution in [3.05, 3.63) is 0 Å². The molecule has 0 unspecified atom stereocenters. The van der Waals surface area contributed by atoms with E-state index >= 15 is 0 Å². The third kappa shape index (κ3) is 21.1. The summed E-state index contributed by atoms with van der Waals surface area (Å²) in [7, 11) is 0. The zero-order valence-corrected chi connectivity index (χ0v) is 16.3. The van der Waals surface area contributed by atoms with Crippen LogP contribution in [0.4, 0.5) is 0 Å². The molecule has 0 aliphatic heterocycles. The fourth-order valence-corrected chi connectivity index (χ4v) is 3.14. The van der Waals surface area contributed by atoms with Gasteiger partial charge in [-0.15, -0.1) is 0 Å². The number of nitrogens with two attached hydrogens (primary N) is 1. The molecular formula is C21H41NO3. The summed E-state index contributed by atoms with van der Waals surface area (Å²) >= 11 is 0. The van der Waals surface area contributed by atoms with Gasteiger partial charge in [-0.1, -0.05) is 77.0 Å². The van der Waals surface area contributed by atoms with Gasteiger partial charge in [0, 0.05) is 19.3 Å². The average molecular weight is 356 g/mol. The minimum absolute atomic E-state index is 0.324. The van der Waals surface area contributed by atoms with Crippen LogP contribution in [0, 0.1) is 0 Å². The van der Waals surface area contributed by atoms with E-state index in [0.29, 0.717) is 25.2 Å². The average Bonchev–Trinajstić information content (AvgIpc) is 2.59. The monoisotopic (exact) mass is 355 g/mol. The summed E-state index contributed by atoms with van der Waals surface area (Å²) < 4.78 is 0. The summed E-state index contributed by atoms with van der Waals surface area (Å²) in [5.41, 5.74) is 5.40. The summed E-state index contributed by atoms with van der Waals surface area (Å²) in [4.78, 5) is 21.9. The molecule has 0 radical (unpaired) electrons. The van der Waals surface area contributed by atoms with E-state index in [0.717, 1.165) is 32.1 Å². The van der Waals surface area contributed by atoms with Crippen molar-refractivity contribution in [3.63, 3.8) is 0 Å². The Labute approximate surface area is 154 Å². The standard InChI is InChI=1S/C21H41NO3/c22-19-15-17-20(23)16-13-11-9-7-5-3-1-2-4-6-8-10-12-14-18-21(24)25/h1-19,22H2,(H,24,25). The van der Waals surface area contributed by atoms with Crippen molar-refractivity contribution in [1.82, 2.24) is 0 Å². The lowest BCUT2D eigenvalue weighted by Gasteiger charge is -2.03. The molecule has 0 rings (SSSR count). The van der Waals surface area contributed by atoms with Crippen LogP contribution >= 0.6 is 0 Å². The maximum Gasteiger partial charge on any atom is 0.303 e. The lowest BCUT2D eigenvalue weighted by molar-refractivity contribution is -0.137. The molecule has 0 saturated carbocycles. The number of rotatable bonds is 20. The van der Waals surface area contributed by atoms with Crippen LogP contribution in [0.1, 0.15) is 116 Å². The molecule has 0 aliphatic rings. The Kier molecular flexibility index (Phi) is 18.7. The van der Waals surface area contributed by atoms with E-state index < -0.39 is 5.97 Å². The van der Waals surface area contributed by atoms with E-state index in [1.165, 1.54) is 70.6 Å². The molecule has 0 aromatic carbocycles. The number of unbranched alkanes of at least 4 members (excludes halogenated alkanes) is 13.